The number of fused-ring (bicyclic) bond motifs is 1. The fourth-order valence-electron chi connectivity index (χ4n) is 1.79. The SMILES string of the molecule is CN(C)Cn1cc(C=O)c2ccccc21. The highest BCUT2D eigenvalue weighted by Gasteiger charge is 2.06. The Morgan fingerprint density at radius 2 is 2.07 bits per heavy atom. The molecule has 3 nitrogen and oxygen atoms in total. The van der Waals surface area contributed by atoms with Gasteiger partial charge in [0, 0.05) is 22.7 Å². The molecule has 0 N–H and O–H groups in total. The van der Waals surface area contributed by atoms with Gasteiger partial charge in [-0.1, -0.05) is 18.2 Å². The summed E-state index contributed by atoms with van der Waals surface area (Å²) in [5, 5.41) is 1.02. The Bertz CT molecular complexity index is 485. The van der Waals surface area contributed by atoms with Gasteiger partial charge in [0.15, 0.2) is 6.29 Å². The van der Waals surface area contributed by atoms with Gasteiger partial charge in [0.2, 0.25) is 0 Å². The lowest BCUT2D eigenvalue weighted by atomic mass is 10.2. The van der Waals surface area contributed by atoms with E-state index in [1.165, 1.54) is 0 Å². The van der Waals surface area contributed by atoms with E-state index >= 15 is 0 Å². The number of aldehydes is 1. The Morgan fingerprint density at radius 1 is 1.33 bits per heavy atom. The topological polar surface area (TPSA) is 25.2 Å². The highest BCUT2D eigenvalue weighted by Crippen LogP contribution is 2.19. The minimum absolute atomic E-state index is 0.757. The Morgan fingerprint density at radius 3 is 2.73 bits per heavy atom. The average molecular weight is 202 g/mol. The fraction of sp³-hybridized carbons (Fsp3) is 0.250. The van der Waals surface area contributed by atoms with Crippen LogP contribution in [0.3, 0.4) is 0 Å². The van der Waals surface area contributed by atoms with Gasteiger partial charge in [0.25, 0.3) is 0 Å². The Hall–Kier alpha value is -1.61. The first-order valence-electron chi connectivity index (χ1n) is 4.90. The van der Waals surface area contributed by atoms with Gasteiger partial charge in [0.05, 0.1) is 6.67 Å². The van der Waals surface area contributed by atoms with Crippen molar-refractivity contribution in [2.75, 3.05) is 14.1 Å². The molecule has 1 aromatic carbocycles. The molecule has 0 bridgehead atoms. The van der Waals surface area contributed by atoms with Gasteiger partial charge in [-0.15, -0.1) is 0 Å². The molecular weight excluding hydrogens is 188 g/mol. The molecule has 15 heavy (non-hydrogen) atoms. The minimum Gasteiger partial charge on any atom is -0.333 e. The van der Waals surface area contributed by atoms with E-state index in [0.717, 1.165) is 29.4 Å². The molecular formula is C12H14N2O. The summed E-state index contributed by atoms with van der Waals surface area (Å²) in [6.45, 7) is 0.786. The zero-order valence-corrected chi connectivity index (χ0v) is 8.97. The fourth-order valence-corrected chi connectivity index (χ4v) is 1.79. The molecule has 0 aliphatic heterocycles. The third kappa shape index (κ3) is 1.78. The minimum atomic E-state index is 0.757. The van der Waals surface area contributed by atoms with Crippen molar-refractivity contribution in [3.8, 4) is 0 Å². The summed E-state index contributed by atoms with van der Waals surface area (Å²) < 4.78 is 2.08. The standard InChI is InChI=1S/C12H14N2O/c1-13(2)9-14-7-10(8-15)11-5-3-4-6-12(11)14/h3-8H,9H2,1-2H3. The van der Waals surface area contributed by atoms with E-state index < -0.39 is 0 Å². The summed E-state index contributed by atoms with van der Waals surface area (Å²) in [6, 6.07) is 7.95. The van der Waals surface area contributed by atoms with Gasteiger partial charge < -0.3 is 4.57 Å². The van der Waals surface area contributed by atoms with E-state index in [9.17, 15) is 4.79 Å². The Labute approximate surface area is 88.9 Å². The Kier molecular flexibility index (Phi) is 2.56. The van der Waals surface area contributed by atoms with Crippen LogP contribution in [0.2, 0.25) is 0 Å². The largest absolute Gasteiger partial charge is 0.333 e. The average Bonchev–Trinajstić information content (AvgIpc) is 2.56. The van der Waals surface area contributed by atoms with Crippen LogP contribution in [0.4, 0.5) is 0 Å². The molecule has 2 rings (SSSR count). The van der Waals surface area contributed by atoms with Crippen LogP contribution >= 0.6 is 0 Å². The quantitative estimate of drug-likeness (QED) is 0.711. The maximum Gasteiger partial charge on any atom is 0.152 e. The molecule has 0 fully saturated rings. The number of nitrogens with zero attached hydrogens (tertiary/aromatic N) is 2. The van der Waals surface area contributed by atoms with E-state index in [1.807, 2.05) is 44.6 Å². The van der Waals surface area contributed by atoms with E-state index in [-0.39, 0.29) is 0 Å². The van der Waals surface area contributed by atoms with Crippen molar-refractivity contribution < 1.29 is 4.79 Å². The lowest BCUT2D eigenvalue weighted by Crippen LogP contribution is -2.15. The first-order valence-corrected chi connectivity index (χ1v) is 4.90. The van der Waals surface area contributed by atoms with Crippen molar-refractivity contribution in [2.45, 2.75) is 6.67 Å². The summed E-state index contributed by atoms with van der Waals surface area (Å²) in [5.74, 6) is 0. The first-order chi connectivity index (χ1) is 7.22. The lowest BCUT2D eigenvalue weighted by molar-refractivity contribution is 0.112. The van der Waals surface area contributed by atoms with Crippen LogP contribution in [-0.4, -0.2) is 29.8 Å². The number of carbonyl (C=O) groups is 1. The lowest BCUT2D eigenvalue weighted by Gasteiger charge is -2.11. The molecule has 1 aromatic heterocycles. The highest BCUT2D eigenvalue weighted by molar-refractivity contribution is 5.97. The number of hydrogen-bond acceptors (Lipinski definition) is 2. The van der Waals surface area contributed by atoms with Gasteiger partial charge in [-0.2, -0.15) is 0 Å². The molecule has 2 aromatic rings. The summed E-state index contributed by atoms with van der Waals surface area (Å²) >= 11 is 0. The van der Waals surface area contributed by atoms with Crippen molar-refractivity contribution in [2.24, 2.45) is 0 Å². The van der Waals surface area contributed by atoms with Gasteiger partial charge in [0.1, 0.15) is 0 Å². The van der Waals surface area contributed by atoms with E-state index in [2.05, 4.69) is 9.47 Å². The molecule has 0 spiro atoms. The van der Waals surface area contributed by atoms with Gasteiger partial charge in [-0.25, -0.2) is 0 Å². The molecule has 0 amide bonds. The second kappa shape index (κ2) is 3.87. The molecule has 0 saturated heterocycles. The molecule has 0 saturated carbocycles. The maximum atomic E-state index is 10.9. The van der Waals surface area contributed by atoms with Gasteiger partial charge >= 0.3 is 0 Å². The van der Waals surface area contributed by atoms with Crippen molar-refractivity contribution in [1.82, 2.24) is 9.47 Å². The number of rotatable bonds is 3. The number of aromatic nitrogens is 1. The van der Waals surface area contributed by atoms with Gasteiger partial charge in [-0.05, 0) is 20.2 Å². The predicted molar refractivity (Wildman–Crippen MR) is 61.0 cm³/mol. The molecule has 3 heteroatoms. The molecule has 0 radical (unpaired) electrons. The number of hydrogen-bond donors (Lipinski definition) is 0. The van der Waals surface area contributed by atoms with Crippen LogP contribution < -0.4 is 0 Å². The van der Waals surface area contributed by atoms with Crippen LogP contribution in [0.1, 0.15) is 10.4 Å². The third-order valence-corrected chi connectivity index (χ3v) is 2.38. The zero-order valence-electron chi connectivity index (χ0n) is 8.97. The molecule has 0 atom stereocenters. The van der Waals surface area contributed by atoms with Crippen molar-refractivity contribution in [3.63, 3.8) is 0 Å². The summed E-state index contributed by atoms with van der Waals surface area (Å²) in [4.78, 5) is 13.0. The monoisotopic (exact) mass is 202 g/mol. The predicted octanol–water partition coefficient (Wildman–Crippen LogP) is 1.97. The van der Waals surface area contributed by atoms with Crippen molar-refractivity contribution in [1.29, 1.82) is 0 Å². The summed E-state index contributed by atoms with van der Waals surface area (Å²) in [6.07, 6.45) is 2.81. The van der Waals surface area contributed by atoms with E-state index in [4.69, 9.17) is 0 Å². The maximum absolute atomic E-state index is 10.9. The van der Waals surface area contributed by atoms with Crippen molar-refractivity contribution >= 4 is 17.2 Å². The summed E-state index contributed by atoms with van der Waals surface area (Å²) in [7, 11) is 4.02. The summed E-state index contributed by atoms with van der Waals surface area (Å²) in [5.41, 5.74) is 1.86. The number of para-hydroxylation sites is 1. The number of benzene rings is 1. The number of carbonyl (C=O) groups excluding carboxylic acids is 1. The smallest absolute Gasteiger partial charge is 0.152 e. The van der Waals surface area contributed by atoms with E-state index in [1.54, 1.807) is 0 Å². The third-order valence-electron chi connectivity index (χ3n) is 2.38. The van der Waals surface area contributed by atoms with Crippen LogP contribution in [0, 0.1) is 0 Å². The molecule has 0 unspecified atom stereocenters. The normalized spacial score (nSPS) is 11.1. The second-order valence-corrected chi connectivity index (χ2v) is 3.91. The molecule has 1 heterocycles. The molecule has 78 valence electrons. The van der Waals surface area contributed by atoms with Crippen LogP contribution in [0.15, 0.2) is 30.5 Å². The van der Waals surface area contributed by atoms with Gasteiger partial charge in [-0.3, -0.25) is 9.69 Å². The molecule has 0 aliphatic carbocycles. The van der Waals surface area contributed by atoms with Crippen molar-refractivity contribution in [3.05, 3.63) is 36.0 Å². The van der Waals surface area contributed by atoms with Crippen LogP contribution in [0.5, 0.6) is 0 Å². The zero-order chi connectivity index (χ0) is 10.8. The van der Waals surface area contributed by atoms with Crippen LogP contribution in [-0.2, 0) is 6.67 Å². The van der Waals surface area contributed by atoms with Crippen LogP contribution in [0.25, 0.3) is 10.9 Å². The van der Waals surface area contributed by atoms with E-state index in [0.29, 0.717) is 0 Å². The Balaban J connectivity index is 2.59. The molecule has 0 aliphatic rings. The second-order valence-electron chi connectivity index (χ2n) is 3.91. The highest BCUT2D eigenvalue weighted by atomic mass is 16.1. The first kappa shape index (κ1) is 9.93.